The van der Waals surface area contributed by atoms with Gasteiger partial charge in [0.1, 0.15) is 5.75 Å². The number of urea groups is 1. The molecule has 0 bridgehead atoms. The molecule has 1 aromatic carbocycles. The summed E-state index contributed by atoms with van der Waals surface area (Å²) in [4.78, 5) is 13.0. The lowest BCUT2D eigenvalue weighted by Crippen LogP contribution is -2.44. The number of carbonyl (C=O) groups is 1. The van der Waals surface area contributed by atoms with Crippen LogP contribution in [0.4, 0.5) is 4.79 Å². The first-order chi connectivity index (χ1) is 10.6. The van der Waals surface area contributed by atoms with Crippen molar-refractivity contribution in [1.82, 2.24) is 4.90 Å². The number of amides is 2. The van der Waals surface area contributed by atoms with Crippen LogP contribution in [-0.4, -0.2) is 35.7 Å². The van der Waals surface area contributed by atoms with E-state index in [-0.39, 0.29) is 5.92 Å². The van der Waals surface area contributed by atoms with E-state index in [0.29, 0.717) is 19.0 Å². The highest BCUT2D eigenvalue weighted by molar-refractivity contribution is 5.72. The number of hydrogen-bond acceptors (Lipinski definition) is 3. The molecule has 1 aromatic rings. The first-order valence-electron chi connectivity index (χ1n) is 8.09. The van der Waals surface area contributed by atoms with Crippen LogP contribution >= 0.6 is 0 Å². The molecule has 0 aromatic heterocycles. The number of piperidine rings is 1. The smallest absolute Gasteiger partial charge is 0.314 e. The molecule has 2 unspecified atom stereocenters. The normalized spacial score (nSPS) is 23.1. The molecule has 3 N–H and O–H groups in total. The van der Waals surface area contributed by atoms with E-state index in [1.54, 1.807) is 4.90 Å². The van der Waals surface area contributed by atoms with E-state index < -0.39 is 12.1 Å². The van der Waals surface area contributed by atoms with Gasteiger partial charge in [-0.2, -0.15) is 0 Å². The summed E-state index contributed by atoms with van der Waals surface area (Å²) in [6.45, 7) is 1.91. The first kappa shape index (κ1) is 15.2. The monoisotopic (exact) mass is 304 g/mol. The molecule has 0 radical (unpaired) electrons. The van der Waals surface area contributed by atoms with Crippen LogP contribution in [0.15, 0.2) is 24.3 Å². The Kier molecular flexibility index (Phi) is 4.52. The summed E-state index contributed by atoms with van der Waals surface area (Å²) < 4.78 is 5.88. The van der Waals surface area contributed by atoms with Gasteiger partial charge < -0.3 is 20.5 Å². The average molecular weight is 304 g/mol. The van der Waals surface area contributed by atoms with Gasteiger partial charge in [0.25, 0.3) is 0 Å². The third-order valence-electron chi connectivity index (χ3n) is 4.63. The highest BCUT2D eigenvalue weighted by Gasteiger charge is 2.30. The SMILES string of the molecule is NC(=O)N1CCCC(C(O)c2ccccc2OCC2CC2)C1. The lowest BCUT2D eigenvalue weighted by atomic mass is 9.88. The van der Waals surface area contributed by atoms with Crippen molar-refractivity contribution >= 4 is 6.03 Å². The van der Waals surface area contributed by atoms with E-state index in [0.717, 1.165) is 30.8 Å². The van der Waals surface area contributed by atoms with Crippen LogP contribution in [0.3, 0.4) is 0 Å². The van der Waals surface area contributed by atoms with Crippen molar-refractivity contribution in [2.24, 2.45) is 17.6 Å². The summed E-state index contributed by atoms with van der Waals surface area (Å²) in [6, 6.07) is 7.26. The lowest BCUT2D eigenvalue weighted by Gasteiger charge is -2.34. The number of nitrogens with two attached hydrogens (primary N) is 1. The first-order valence-corrected chi connectivity index (χ1v) is 8.09. The van der Waals surface area contributed by atoms with Gasteiger partial charge in [0.2, 0.25) is 0 Å². The molecule has 22 heavy (non-hydrogen) atoms. The van der Waals surface area contributed by atoms with Crippen LogP contribution in [0.25, 0.3) is 0 Å². The highest BCUT2D eigenvalue weighted by atomic mass is 16.5. The number of aliphatic hydroxyl groups is 1. The minimum absolute atomic E-state index is 0.00641. The molecule has 2 aliphatic rings. The van der Waals surface area contributed by atoms with Crippen molar-refractivity contribution in [1.29, 1.82) is 0 Å². The predicted octanol–water partition coefficient (Wildman–Crippen LogP) is 2.30. The van der Waals surface area contributed by atoms with Crippen molar-refractivity contribution in [2.45, 2.75) is 31.8 Å². The summed E-state index contributed by atoms with van der Waals surface area (Å²) in [7, 11) is 0. The number of nitrogens with zero attached hydrogens (tertiary/aromatic N) is 1. The summed E-state index contributed by atoms with van der Waals surface area (Å²) in [5.74, 6) is 1.44. The molecule has 1 aliphatic heterocycles. The Hall–Kier alpha value is -1.75. The number of hydrogen-bond donors (Lipinski definition) is 2. The van der Waals surface area contributed by atoms with Crippen LogP contribution in [0.1, 0.15) is 37.4 Å². The quantitative estimate of drug-likeness (QED) is 0.876. The zero-order valence-electron chi connectivity index (χ0n) is 12.8. The number of aliphatic hydroxyl groups excluding tert-OH is 1. The van der Waals surface area contributed by atoms with Gasteiger partial charge >= 0.3 is 6.03 Å². The molecule has 1 saturated carbocycles. The predicted molar refractivity (Wildman–Crippen MR) is 83.5 cm³/mol. The van der Waals surface area contributed by atoms with Gasteiger partial charge in [0.15, 0.2) is 0 Å². The van der Waals surface area contributed by atoms with Crippen LogP contribution in [0.2, 0.25) is 0 Å². The van der Waals surface area contributed by atoms with Crippen LogP contribution in [0, 0.1) is 11.8 Å². The summed E-state index contributed by atoms with van der Waals surface area (Å²) in [6.07, 6.45) is 3.61. The Morgan fingerprint density at radius 2 is 2.14 bits per heavy atom. The van der Waals surface area contributed by atoms with Gasteiger partial charge in [0.05, 0.1) is 12.7 Å². The van der Waals surface area contributed by atoms with Gasteiger partial charge in [-0.3, -0.25) is 0 Å². The van der Waals surface area contributed by atoms with E-state index in [2.05, 4.69) is 0 Å². The number of para-hydroxylation sites is 1. The molecule has 120 valence electrons. The number of benzene rings is 1. The third-order valence-corrected chi connectivity index (χ3v) is 4.63. The lowest BCUT2D eigenvalue weighted by molar-refractivity contribution is 0.0602. The minimum Gasteiger partial charge on any atom is -0.493 e. The van der Waals surface area contributed by atoms with Gasteiger partial charge in [-0.05, 0) is 37.7 Å². The Morgan fingerprint density at radius 3 is 2.86 bits per heavy atom. The molecular formula is C17H24N2O3. The molecule has 2 amide bonds. The van der Waals surface area contributed by atoms with Gasteiger partial charge in [0, 0.05) is 24.6 Å². The number of likely N-dealkylation sites (tertiary alicyclic amines) is 1. The van der Waals surface area contributed by atoms with Crippen molar-refractivity contribution in [2.75, 3.05) is 19.7 Å². The molecule has 0 spiro atoms. The van der Waals surface area contributed by atoms with E-state index in [4.69, 9.17) is 10.5 Å². The maximum atomic E-state index is 11.4. The molecule has 2 atom stereocenters. The van der Waals surface area contributed by atoms with E-state index in [1.807, 2.05) is 24.3 Å². The molecule has 5 heteroatoms. The number of ether oxygens (including phenoxy) is 1. The summed E-state index contributed by atoms with van der Waals surface area (Å²) in [5, 5.41) is 10.7. The second-order valence-electron chi connectivity index (χ2n) is 6.42. The number of primary amides is 1. The number of carbonyl (C=O) groups excluding carboxylic acids is 1. The standard InChI is InChI=1S/C17H24N2O3/c18-17(21)19-9-3-4-13(10-19)16(20)14-5-1-2-6-15(14)22-11-12-7-8-12/h1-2,5-6,12-13,16,20H,3-4,7-11H2,(H2,18,21). The Labute approximate surface area is 131 Å². The Balaban J connectivity index is 1.70. The molecule has 2 fully saturated rings. The molecule has 1 heterocycles. The highest BCUT2D eigenvalue weighted by Crippen LogP contribution is 2.36. The zero-order chi connectivity index (χ0) is 15.5. The third kappa shape index (κ3) is 3.53. The summed E-state index contributed by atoms with van der Waals surface area (Å²) in [5.41, 5.74) is 6.19. The largest absolute Gasteiger partial charge is 0.493 e. The molecule has 5 nitrogen and oxygen atoms in total. The van der Waals surface area contributed by atoms with Crippen LogP contribution < -0.4 is 10.5 Å². The maximum absolute atomic E-state index is 11.4. The summed E-state index contributed by atoms with van der Waals surface area (Å²) >= 11 is 0. The fraction of sp³-hybridized carbons (Fsp3) is 0.588. The van der Waals surface area contributed by atoms with E-state index in [1.165, 1.54) is 12.8 Å². The Morgan fingerprint density at radius 1 is 1.36 bits per heavy atom. The van der Waals surface area contributed by atoms with Crippen molar-refractivity contribution in [3.63, 3.8) is 0 Å². The topological polar surface area (TPSA) is 75.8 Å². The Bertz CT molecular complexity index is 530. The minimum atomic E-state index is -0.627. The molecular weight excluding hydrogens is 280 g/mol. The molecule has 1 saturated heterocycles. The van der Waals surface area contributed by atoms with Gasteiger partial charge in [-0.1, -0.05) is 18.2 Å². The maximum Gasteiger partial charge on any atom is 0.314 e. The number of rotatable bonds is 5. The van der Waals surface area contributed by atoms with E-state index in [9.17, 15) is 9.90 Å². The van der Waals surface area contributed by atoms with Crippen molar-refractivity contribution in [3.05, 3.63) is 29.8 Å². The van der Waals surface area contributed by atoms with Gasteiger partial charge in [-0.25, -0.2) is 4.79 Å². The second-order valence-corrected chi connectivity index (χ2v) is 6.42. The molecule has 1 aliphatic carbocycles. The van der Waals surface area contributed by atoms with E-state index >= 15 is 0 Å². The zero-order valence-corrected chi connectivity index (χ0v) is 12.8. The average Bonchev–Trinajstić information content (AvgIpc) is 3.37. The van der Waals surface area contributed by atoms with Crippen LogP contribution in [-0.2, 0) is 0 Å². The van der Waals surface area contributed by atoms with Crippen LogP contribution in [0.5, 0.6) is 5.75 Å². The van der Waals surface area contributed by atoms with Gasteiger partial charge in [-0.15, -0.1) is 0 Å². The fourth-order valence-electron chi connectivity index (χ4n) is 3.07. The van der Waals surface area contributed by atoms with Crippen molar-refractivity contribution < 1.29 is 14.6 Å². The second kappa shape index (κ2) is 6.57. The molecule has 3 rings (SSSR count). The fourth-order valence-corrected chi connectivity index (χ4v) is 3.07. The van der Waals surface area contributed by atoms with Crippen molar-refractivity contribution in [3.8, 4) is 5.75 Å².